The van der Waals surface area contributed by atoms with E-state index in [-0.39, 0.29) is 6.04 Å². The highest BCUT2D eigenvalue weighted by Crippen LogP contribution is 2.28. The summed E-state index contributed by atoms with van der Waals surface area (Å²) in [7, 11) is -3.39. The van der Waals surface area contributed by atoms with Gasteiger partial charge in [-0.1, -0.05) is 40.9 Å². The van der Waals surface area contributed by atoms with E-state index < -0.39 is 10.0 Å². The van der Waals surface area contributed by atoms with E-state index in [9.17, 15) is 8.42 Å². The molecule has 19 heavy (non-hydrogen) atoms. The van der Waals surface area contributed by atoms with E-state index in [0.29, 0.717) is 10.8 Å². The lowest BCUT2D eigenvalue weighted by atomic mass is 10.0. The molecule has 2 rings (SSSR count). The Morgan fingerprint density at radius 1 is 1.26 bits per heavy atom. The van der Waals surface area contributed by atoms with Crippen molar-refractivity contribution in [1.82, 2.24) is 4.72 Å². The third kappa shape index (κ3) is 3.80. The minimum Gasteiger partial charge on any atom is -0.208 e. The van der Waals surface area contributed by atoms with Crippen LogP contribution in [0.4, 0.5) is 0 Å². The van der Waals surface area contributed by atoms with Gasteiger partial charge in [-0.3, -0.25) is 0 Å². The molecule has 1 N–H and O–H groups in total. The summed E-state index contributed by atoms with van der Waals surface area (Å²) in [5.74, 6) is 0.483. The fourth-order valence-corrected chi connectivity index (χ4v) is 4.31. The van der Waals surface area contributed by atoms with Crippen molar-refractivity contribution in [2.45, 2.75) is 48.9 Å². The number of rotatable bonds is 5. The zero-order valence-corrected chi connectivity index (χ0v) is 13.5. The number of hydrogen-bond donors (Lipinski definition) is 1. The molecule has 3 nitrogen and oxygen atoms in total. The lowest BCUT2D eigenvalue weighted by Crippen LogP contribution is -2.37. The Kier molecular flexibility index (Phi) is 5.03. The largest absolute Gasteiger partial charge is 0.240 e. The summed E-state index contributed by atoms with van der Waals surface area (Å²) >= 11 is 3.35. The minimum absolute atomic E-state index is 0.0170. The lowest BCUT2D eigenvalue weighted by Gasteiger charge is -2.20. The topological polar surface area (TPSA) is 46.2 Å². The van der Waals surface area contributed by atoms with Gasteiger partial charge in [-0.05, 0) is 43.4 Å². The van der Waals surface area contributed by atoms with Crippen LogP contribution in [0.15, 0.2) is 29.2 Å². The normalized spacial score (nSPS) is 18.6. The summed E-state index contributed by atoms with van der Waals surface area (Å²) in [5.41, 5.74) is 1.07. The van der Waals surface area contributed by atoms with Crippen molar-refractivity contribution in [3.05, 3.63) is 29.8 Å². The molecule has 0 spiro atoms. The molecule has 5 heteroatoms. The molecule has 106 valence electrons. The molecule has 1 aromatic carbocycles. The zero-order chi connectivity index (χ0) is 13.9. The van der Waals surface area contributed by atoms with Gasteiger partial charge < -0.3 is 0 Å². The van der Waals surface area contributed by atoms with Crippen molar-refractivity contribution < 1.29 is 8.42 Å². The van der Waals surface area contributed by atoms with E-state index in [1.54, 1.807) is 12.1 Å². The second-order valence-electron chi connectivity index (χ2n) is 5.23. The Balaban J connectivity index is 2.08. The van der Waals surface area contributed by atoms with Crippen LogP contribution in [-0.4, -0.2) is 14.5 Å². The SMILES string of the molecule is C[C@@H](NS(=O)(=O)c1ccc(CBr)cc1)C1CCCC1. The number of benzene rings is 1. The Hall–Kier alpha value is -0.390. The van der Waals surface area contributed by atoms with E-state index in [1.165, 1.54) is 12.8 Å². The summed E-state index contributed by atoms with van der Waals surface area (Å²) in [6.07, 6.45) is 4.70. The van der Waals surface area contributed by atoms with Crippen molar-refractivity contribution >= 4 is 26.0 Å². The minimum atomic E-state index is -3.39. The highest BCUT2D eigenvalue weighted by atomic mass is 79.9. The van der Waals surface area contributed by atoms with Crippen LogP contribution in [-0.2, 0) is 15.4 Å². The number of sulfonamides is 1. The summed E-state index contributed by atoms with van der Waals surface area (Å²) in [5, 5.41) is 0.735. The molecule has 1 atom stereocenters. The van der Waals surface area contributed by atoms with Crippen molar-refractivity contribution in [1.29, 1.82) is 0 Å². The van der Waals surface area contributed by atoms with Gasteiger partial charge in [0.1, 0.15) is 0 Å². The Labute approximate surface area is 124 Å². The van der Waals surface area contributed by atoms with Crippen molar-refractivity contribution in [3.8, 4) is 0 Å². The fourth-order valence-electron chi connectivity index (χ4n) is 2.62. The highest BCUT2D eigenvalue weighted by molar-refractivity contribution is 9.08. The number of alkyl halides is 1. The standard InChI is InChI=1S/C14H20BrNO2S/c1-11(13-4-2-3-5-13)16-19(17,18)14-8-6-12(10-15)7-9-14/h6-9,11,13,16H,2-5,10H2,1H3/t11-/m1/s1. The molecule has 0 saturated heterocycles. The fraction of sp³-hybridized carbons (Fsp3) is 0.571. The van der Waals surface area contributed by atoms with Crippen LogP contribution in [0.2, 0.25) is 0 Å². The molecule has 1 aliphatic rings. The predicted molar refractivity (Wildman–Crippen MR) is 80.8 cm³/mol. The molecule has 0 radical (unpaired) electrons. The highest BCUT2D eigenvalue weighted by Gasteiger charge is 2.25. The maximum atomic E-state index is 12.3. The van der Waals surface area contributed by atoms with Crippen LogP contribution in [0.25, 0.3) is 0 Å². The molecule has 0 amide bonds. The van der Waals surface area contributed by atoms with E-state index in [0.717, 1.165) is 23.7 Å². The third-order valence-corrected chi connectivity index (χ3v) is 6.06. The maximum Gasteiger partial charge on any atom is 0.240 e. The molecule has 0 aromatic heterocycles. The molecule has 0 heterocycles. The van der Waals surface area contributed by atoms with Gasteiger partial charge in [0.15, 0.2) is 0 Å². The van der Waals surface area contributed by atoms with Gasteiger partial charge >= 0.3 is 0 Å². The number of halogens is 1. The smallest absolute Gasteiger partial charge is 0.208 e. The zero-order valence-electron chi connectivity index (χ0n) is 11.1. The Bertz CT molecular complexity index is 507. The van der Waals surface area contributed by atoms with Crippen LogP contribution in [0.5, 0.6) is 0 Å². The van der Waals surface area contributed by atoms with Crippen LogP contribution in [0.3, 0.4) is 0 Å². The first-order chi connectivity index (χ1) is 9.03. The summed E-state index contributed by atoms with van der Waals surface area (Å²) < 4.78 is 27.4. The first-order valence-electron chi connectivity index (χ1n) is 6.70. The van der Waals surface area contributed by atoms with E-state index in [1.807, 2.05) is 19.1 Å². The van der Waals surface area contributed by atoms with Gasteiger partial charge in [0.05, 0.1) is 4.90 Å². The average molecular weight is 346 g/mol. The molecule has 0 bridgehead atoms. The number of hydrogen-bond acceptors (Lipinski definition) is 2. The lowest BCUT2D eigenvalue weighted by molar-refractivity contribution is 0.424. The van der Waals surface area contributed by atoms with Gasteiger partial charge in [0, 0.05) is 11.4 Å². The third-order valence-electron chi connectivity index (χ3n) is 3.84. The quantitative estimate of drug-likeness (QED) is 0.830. The predicted octanol–water partition coefficient (Wildman–Crippen LogP) is 3.44. The summed E-state index contributed by atoms with van der Waals surface area (Å²) in [6, 6.07) is 7.02. The monoisotopic (exact) mass is 345 g/mol. The van der Waals surface area contributed by atoms with Crippen molar-refractivity contribution in [3.63, 3.8) is 0 Å². The molecular weight excluding hydrogens is 326 g/mol. The second kappa shape index (κ2) is 6.37. The molecule has 1 fully saturated rings. The van der Waals surface area contributed by atoms with Gasteiger partial charge in [-0.25, -0.2) is 13.1 Å². The van der Waals surface area contributed by atoms with Crippen LogP contribution < -0.4 is 4.72 Å². The van der Waals surface area contributed by atoms with E-state index >= 15 is 0 Å². The van der Waals surface area contributed by atoms with E-state index in [2.05, 4.69) is 20.7 Å². The molecule has 1 aliphatic carbocycles. The molecule has 1 saturated carbocycles. The number of nitrogens with one attached hydrogen (secondary N) is 1. The van der Waals surface area contributed by atoms with Gasteiger partial charge in [0.2, 0.25) is 10.0 Å². The van der Waals surface area contributed by atoms with Gasteiger partial charge in [-0.15, -0.1) is 0 Å². The molecule has 0 aliphatic heterocycles. The van der Waals surface area contributed by atoms with Crippen molar-refractivity contribution in [2.24, 2.45) is 5.92 Å². The maximum absolute atomic E-state index is 12.3. The van der Waals surface area contributed by atoms with E-state index in [4.69, 9.17) is 0 Å². The Morgan fingerprint density at radius 3 is 2.37 bits per heavy atom. The first-order valence-corrected chi connectivity index (χ1v) is 9.30. The Morgan fingerprint density at radius 2 is 1.84 bits per heavy atom. The first kappa shape index (κ1) is 15.0. The molecule has 1 aromatic rings. The molecular formula is C14H20BrNO2S. The van der Waals surface area contributed by atoms with Crippen LogP contribution >= 0.6 is 15.9 Å². The molecule has 0 unspecified atom stereocenters. The summed E-state index contributed by atoms with van der Waals surface area (Å²) in [6.45, 7) is 1.97. The summed E-state index contributed by atoms with van der Waals surface area (Å²) in [4.78, 5) is 0.349. The van der Waals surface area contributed by atoms with Crippen molar-refractivity contribution in [2.75, 3.05) is 0 Å². The van der Waals surface area contributed by atoms with Gasteiger partial charge in [-0.2, -0.15) is 0 Å². The van der Waals surface area contributed by atoms with Crippen LogP contribution in [0.1, 0.15) is 38.2 Å². The van der Waals surface area contributed by atoms with Gasteiger partial charge in [0.25, 0.3) is 0 Å². The average Bonchev–Trinajstić information content (AvgIpc) is 2.92. The van der Waals surface area contributed by atoms with Crippen LogP contribution in [0, 0.1) is 5.92 Å². The second-order valence-corrected chi connectivity index (χ2v) is 7.51.